The Morgan fingerprint density at radius 2 is 1.87 bits per heavy atom. The average molecular weight is 314 g/mol. The van der Waals surface area contributed by atoms with Crippen molar-refractivity contribution in [1.29, 1.82) is 0 Å². The molecule has 1 aliphatic heterocycles. The molecule has 0 N–H and O–H groups in total. The van der Waals surface area contributed by atoms with Crippen LogP contribution in [0.4, 0.5) is 0 Å². The molecule has 2 unspecified atom stereocenters. The minimum absolute atomic E-state index is 0.0704. The Hall–Kier alpha value is -2.14. The predicted octanol–water partition coefficient (Wildman–Crippen LogP) is 2.83. The largest absolute Gasteiger partial charge is 0.441 e. The lowest BCUT2D eigenvalue weighted by molar-refractivity contribution is -0.142. The van der Waals surface area contributed by atoms with Crippen LogP contribution >= 0.6 is 0 Å². The van der Waals surface area contributed by atoms with Crippen molar-refractivity contribution < 1.29 is 13.9 Å². The van der Waals surface area contributed by atoms with Crippen LogP contribution in [-0.4, -0.2) is 41.1 Å². The van der Waals surface area contributed by atoms with Crippen LogP contribution in [0, 0.1) is 6.92 Å². The SMILES string of the molecule is Cc1oc(-c2ccccc2)nc1CC(=O)N1CC(C)OC(C)C1. The summed E-state index contributed by atoms with van der Waals surface area (Å²) in [7, 11) is 0. The number of nitrogens with zero attached hydrogens (tertiary/aromatic N) is 2. The standard InChI is InChI=1S/C18H22N2O3/c1-12-10-20(11-13(2)22-12)17(21)9-16-14(3)23-18(19-16)15-7-5-4-6-8-15/h4-8,12-13H,9-11H2,1-3H3. The number of aromatic nitrogens is 1. The Balaban J connectivity index is 1.73. The molecule has 5 heteroatoms. The van der Waals surface area contributed by atoms with E-state index in [2.05, 4.69) is 4.98 Å². The van der Waals surface area contributed by atoms with Gasteiger partial charge in [0.1, 0.15) is 5.76 Å². The van der Waals surface area contributed by atoms with E-state index in [0.717, 1.165) is 5.56 Å². The molecule has 23 heavy (non-hydrogen) atoms. The summed E-state index contributed by atoms with van der Waals surface area (Å²) in [5.74, 6) is 1.34. The Bertz CT molecular complexity index is 671. The summed E-state index contributed by atoms with van der Waals surface area (Å²) in [6.45, 7) is 7.10. The third kappa shape index (κ3) is 3.62. The van der Waals surface area contributed by atoms with Crippen molar-refractivity contribution in [2.45, 2.75) is 39.4 Å². The highest BCUT2D eigenvalue weighted by Crippen LogP contribution is 2.22. The highest BCUT2D eigenvalue weighted by Gasteiger charge is 2.27. The highest BCUT2D eigenvalue weighted by molar-refractivity contribution is 5.79. The van der Waals surface area contributed by atoms with Gasteiger partial charge in [0.15, 0.2) is 0 Å². The number of carbonyl (C=O) groups excluding carboxylic acids is 1. The third-order valence-electron chi connectivity index (χ3n) is 4.00. The van der Waals surface area contributed by atoms with E-state index in [1.807, 2.05) is 56.0 Å². The van der Waals surface area contributed by atoms with Crippen LogP contribution in [0.1, 0.15) is 25.3 Å². The Kier molecular flexibility index (Phi) is 4.48. The average Bonchev–Trinajstić information content (AvgIpc) is 2.88. The predicted molar refractivity (Wildman–Crippen MR) is 87.0 cm³/mol. The molecule has 0 aliphatic carbocycles. The number of hydrogen-bond donors (Lipinski definition) is 0. The molecule has 1 amide bonds. The van der Waals surface area contributed by atoms with Crippen molar-refractivity contribution in [2.75, 3.05) is 13.1 Å². The van der Waals surface area contributed by atoms with Crippen LogP contribution in [0.5, 0.6) is 0 Å². The van der Waals surface area contributed by atoms with E-state index >= 15 is 0 Å². The molecule has 2 atom stereocenters. The van der Waals surface area contributed by atoms with Gasteiger partial charge in [0.25, 0.3) is 0 Å². The van der Waals surface area contributed by atoms with Gasteiger partial charge in [-0.25, -0.2) is 4.98 Å². The molecule has 122 valence electrons. The van der Waals surface area contributed by atoms with Gasteiger partial charge >= 0.3 is 0 Å². The summed E-state index contributed by atoms with van der Waals surface area (Å²) in [5.41, 5.74) is 1.63. The second kappa shape index (κ2) is 6.54. The van der Waals surface area contributed by atoms with E-state index in [-0.39, 0.29) is 24.5 Å². The van der Waals surface area contributed by atoms with Gasteiger partial charge in [-0.3, -0.25) is 4.79 Å². The minimum atomic E-state index is 0.0704. The first-order valence-corrected chi connectivity index (χ1v) is 7.98. The molecule has 1 aromatic carbocycles. The molecule has 0 radical (unpaired) electrons. The fraction of sp³-hybridized carbons (Fsp3) is 0.444. The van der Waals surface area contributed by atoms with Gasteiger partial charge in [0.2, 0.25) is 11.8 Å². The van der Waals surface area contributed by atoms with Gasteiger partial charge < -0.3 is 14.1 Å². The van der Waals surface area contributed by atoms with E-state index in [4.69, 9.17) is 9.15 Å². The number of ether oxygens (including phenoxy) is 1. The fourth-order valence-corrected chi connectivity index (χ4v) is 2.93. The van der Waals surface area contributed by atoms with Crippen LogP contribution in [0.15, 0.2) is 34.7 Å². The molecule has 0 spiro atoms. The molecular weight excluding hydrogens is 292 g/mol. The molecule has 1 saturated heterocycles. The first-order chi connectivity index (χ1) is 11.0. The Morgan fingerprint density at radius 1 is 1.22 bits per heavy atom. The monoisotopic (exact) mass is 314 g/mol. The number of amides is 1. The zero-order chi connectivity index (χ0) is 16.4. The zero-order valence-electron chi connectivity index (χ0n) is 13.8. The van der Waals surface area contributed by atoms with E-state index in [9.17, 15) is 4.79 Å². The fourth-order valence-electron chi connectivity index (χ4n) is 2.93. The maximum atomic E-state index is 12.5. The van der Waals surface area contributed by atoms with Crippen LogP contribution in [0.2, 0.25) is 0 Å². The van der Waals surface area contributed by atoms with Crippen LogP contribution < -0.4 is 0 Å². The summed E-state index contributed by atoms with van der Waals surface area (Å²) in [6, 6.07) is 9.72. The number of hydrogen-bond acceptors (Lipinski definition) is 4. The molecule has 0 bridgehead atoms. The van der Waals surface area contributed by atoms with Crippen molar-refractivity contribution in [3.63, 3.8) is 0 Å². The lowest BCUT2D eigenvalue weighted by Gasteiger charge is -2.35. The summed E-state index contributed by atoms with van der Waals surface area (Å²) < 4.78 is 11.4. The van der Waals surface area contributed by atoms with Gasteiger partial charge in [-0.05, 0) is 32.9 Å². The van der Waals surface area contributed by atoms with Crippen molar-refractivity contribution in [1.82, 2.24) is 9.88 Å². The van der Waals surface area contributed by atoms with Gasteiger partial charge in [-0.1, -0.05) is 18.2 Å². The first kappa shape index (κ1) is 15.7. The lowest BCUT2D eigenvalue weighted by Crippen LogP contribution is -2.48. The summed E-state index contributed by atoms with van der Waals surface area (Å²) in [6.07, 6.45) is 0.406. The number of oxazole rings is 1. The van der Waals surface area contributed by atoms with Gasteiger partial charge in [-0.15, -0.1) is 0 Å². The van der Waals surface area contributed by atoms with Gasteiger partial charge in [-0.2, -0.15) is 0 Å². The van der Waals surface area contributed by atoms with E-state index in [1.54, 1.807) is 0 Å². The first-order valence-electron chi connectivity index (χ1n) is 7.98. The Morgan fingerprint density at radius 3 is 2.52 bits per heavy atom. The van der Waals surface area contributed by atoms with Crippen LogP contribution in [0.3, 0.4) is 0 Å². The molecule has 2 aromatic rings. The van der Waals surface area contributed by atoms with Crippen molar-refractivity contribution in [3.05, 3.63) is 41.8 Å². The third-order valence-corrected chi connectivity index (χ3v) is 4.00. The summed E-state index contributed by atoms with van der Waals surface area (Å²) in [4.78, 5) is 18.9. The van der Waals surface area contributed by atoms with Crippen molar-refractivity contribution in [2.24, 2.45) is 0 Å². The summed E-state index contributed by atoms with van der Waals surface area (Å²) in [5, 5.41) is 0. The molecule has 5 nitrogen and oxygen atoms in total. The topological polar surface area (TPSA) is 55.6 Å². The van der Waals surface area contributed by atoms with E-state index in [1.165, 1.54) is 0 Å². The number of rotatable bonds is 3. The Labute approximate surface area is 136 Å². The second-order valence-corrected chi connectivity index (χ2v) is 6.12. The number of aryl methyl sites for hydroxylation is 1. The van der Waals surface area contributed by atoms with Crippen molar-refractivity contribution in [3.8, 4) is 11.5 Å². The van der Waals surface area contributed by atoms with Gasteiger partial charge in [0.05, 0.1) is 24.3 Å². The molecule has 1 aromatic heterocycles. The number of benzene rings is 1. The molecule has 3 rings (SSSR count). The van der Waals surface area contributed by atoms with Crippen molar-refractivity contribution >= 4 is 5.91 Å². The molecule has 1 fully saturated rings. The number of carbonyl (C=O) groups is 1. The van der Waals surface area contributed by atoms with Crippen LogP contribution in [-0.2, 0) is 16.0 Å². The van der Waals surface area contributed by atoms with Crippen LogP contribution in [0.25, 0.3) is 11.5 Å². The normalized spacial score (nSPS) is 21.4. The second-order valence-electron chi connectivity index (χ2n) is 6.12. The zero-order valence-corrected chi connectivity index (χ0v) is 13.8. The maximum absolute atomic E-state index is 12.5. The minimum Gasteiger partial charge on any atom is -0.441 e. The lowest BCUT2D eigenvalue weighted by atomic mass is 10.2. The highest BCUT2D eigenvalue weighted by atomic mass is 16.5. The van der Waals surface area contributed by atoms with Gasteiger partial charge in [0, 0.05) is 18.7 Å². The maximum Gasteiger partial charge on any atom is 0.228 e. The number of morpholine rings is 1. The molecular formula is C18H22N2O3. The quantitative estimate of drug-likeness (QED) is 0.874. The van der Waals surface area contributed by atoms with E-state index in [0.29, 0.717) is 30.4 Å². The molecule has 1 aliphatic rings. The molecule has 0 saturated carbocycles. The summed E-state index contributed by atoms with van der Waals surface area (Å²) >= 11 is 0. The smallest absolute Gasteiger partial charge is 0.228 e. The van der Waals surface area contributed by atoms with E-state index < -0.39 is 0 Å². The molecule has 2 heterocycles.